The Morgan fingerprint density at radius 1 is 1.19 bits per heavy atom. The van der Waals surface area contributed by atoms with Crippen molar-refractivity contribution in [3.05, 3.63) is 0 Å². The SMILES string of the molecule is CCCNC(CC(=O)OCC)C(CC)CC. The monoisotopic (exact) mass is 229 g/mol. The molecule has 1 unspecified atom stereocenters. The molecule has 1 atom stereocenters. The largest absolute Gasteiger partial charge is 0.466 e. The molecule has 0 heterocycles. The highest BCUT2D eigenvalue weighted by molar-refractivity contribution is 5.70. The molecule has 0 aliphatic rings. The minimum Gasteiger partial charge on any atom is -0.466 e. The van der Waals surface area contributed by atoms with Crippen LogP contribution in [0.3, 0.4) is 0 Å². The standard InChI is InChI=1S/C13H27NO2/c1-5-9-14-12(11(6-2)7-3)10-13(15)16-8-4/h11-12,14H,5-10H2,1-4H3. The highest BCUT2D eigenvalue weighted by atomic mass is 16.5. The van der Waals surface area contributed by atoms with Gasteiger partial charge in [0.1, 0.15) is 0 Å². The molecule has 0 radical (unpaired) electrons. The molecule has 0 rings (SSSR count). The lowest BCUT2D eigenvalue weighted by Gasteiger charge is -2.25. The van der Waals surface area contributed by atoms with Crippen LogP contribution < -0.4 is 5.32 Å². The average Bonchev–Trinajstić information content (AvgIpc) is 2.27. The Bertz CT molecular complexity index is 179. The van der Waals surface area contributed by atoms with E-state index in [1.807, 2.05) is 6.92 Å². The lowest BCUT2D eigenvalue weighted by atomic mass is 9.92. The smallest absolute Gasteiger partial charge is 0.307 e. The third kappa shape index (κ3) is 6.11. The number of esters is 1. The van der Waals surface area contributed by atoms with E-state index in [2.05, 4.69) is 26.1 Å². The van der Waals surface area contributed by atoms with Gasteiger partial charge >= 0.3 is 5.97 Å². The summed E-state index contributed by atoms with van der Waals surface area (Å²) in [6.07, 6.45) is 3.81. The predicted octanol–water partition coefficient (Wildman–Crippen LogP) is 2.74. The van der Waals surface area contributed by atoms with E-state index in [9.17, 15) is 4.79 Å². The van der Waals surface area contributed by atoms with Gasteiger partial charge in [0.2, 0.25) is 0 Å². The van der Waals surface area contributed by atoms with Crippen molar-refractivity contribution in [3.63, 3.8) is 0 Å². The number of carbonyl (C=O) groups excluding carboxylic acids is 1. The molecule has 0 amide bonds. The Morgan fingerprint density at radius 2 is 1.81 bits per heavy atom. The van der Waals surface area contributed by atoms with Crippen LogP contribution in [0.4, 0.5) is 0 Å². The van der Waals surface area contributed by atoms with Crippen molar-refractivity contribution in [1.29, 1.82) is 0 Å². The maximum atomic E-state index is 11.5. The van der Waals surface area contributed by atoms with Crippen LogP contribution >= 0.6 is 0 Å². The second kappa shape index (κ2) is 9.64. The average molecular weight is 229 g/mol. The Labute approximate surface area is 99.9 Å². The van der Waals surface area contributed by atoms with Gasteiger partial charge in [0.15, 0.2) is 0 Å². The highest BCUT2D eigenvalue weighted by Gasteiger charge is 2.21. The number of carbonyl (C=O) groups is 1. The summed E-state index contributed by atoms with van der Waals surface area (Å²) in [5.41, 5.74) is 0. The molecule has 16 heavy (non-hydrogen) atoms. The molecule has 3 nitrogen and oxygen atoms in total. The Balaban J connectivity index is 4.22. The number of nitrogens with one attached hydrogen (secondary N) is 1. The minimum absolute atomic E-state index is 0.0806. The van der Waals surface area contributed by atoms with Gasteiger partial charge in [0, 0.05) is 6.04 Å². The maximum Gasteiger partial charge on any atom is 0.307 e. The molecule has 0 aromatic carbocycles. The highest BCUT2D eigenvalue weighted by Crippen LogP contribution is 2.16. The zero-order valence-corrected chi connectivity index (χ0v) is 11.2. The summed E-state index contributed by atoms with van der Waals surface area (Å²) in [5.74, 6) is 0.485. The van der Waals surface area contributed by atoms with Crippen molar-refractivity contribution in [1.82, 2.24) is 5.32 Å². The van der Waals surface area contributed by atoms with E-state index in [1.54, 1.807) is 0 Å². The minimum atomic E-state index is -0.0806. The van der Waals surface area contributed by atoms with E-state index < -0.39 is 0 Å². The molecule has 0 fully saturated rings. The quantitative estimate of drug-likeness (QED) is 0.618. The predicted molar refractivity (Wildman–Crippen MR) is 67.4 cm³/mol. The van der Waals surface area contributed by atoms with Gasteiger partial charge in [0.25, 0.3) is 0 Å². The number of ether oxygens (including phenoxy) is 1. The molecule has 0 aromatic heterocycles. The Kier molecular flexibility index (Phi) is 9.30. The molecule has 0 aliphatic carbocycles. The van der Waals surface area contributed by atoms with Gasteiger partial charge in [-0.25, -0.2) is 0 Å². The van der Waals surface area contributed by atoms with E-state index in [-0.39, 0.29) is 12.0 Å². The zero-order valence-electron chi connectivity index (χ0n) is 11.2. The first-order chi connectivity index (χ1) is 7.69. The zero-order chi connectivity index (χ0) is 12.4. The second-order valence-corrected chi connectivity index (χ2v) is 4.15. The topological polar surface area (TPSA) is 38.3 Å². The molecule has 0 aromatic rings. The summed E-state index contributed by atoms with van der Waals surface area (Å²) in [4.78, 5) is 11.5. The molecular formula is C13H27NO2. The van der Waals surface area contributed by atoms with E-state index in [1.165, 1.54) is 0 Å². The van der Waals surface area contributed by atoms with Gasteiger partial charge in [-0.15, -0.1) is 0 Å². The molecule has 0 bridgehead atoms. The molecule has 0 saturated heterocycles. The van der Waals surface area contributed by atoms with E-state index in [4.69, 9.17) is 4.74 Å². The normalized spacial score (nSPS) is 12.8. The molecule has 1 N–H and O–H groups in total. The fraction of sp³-hybridized carbons (Fsp3) is 0.923. The van der Waals surface area contributed by atoms with Crippen LogP contribution in [0.2, 0.25) is 0 Å². The van der Waals surface area contributed by atoms with E-state index >= 15 is 0 Å². The third-order valence-corrected chi connectivity index (χ3v) is 2.97. The van der Waals surface area contributed by atoms with Gasteiger partial charge in [-0.1, -0.05) is 33.6 Å². The van der Waals surface area contributed by atoms with E-state index in [0.717, 1.165) is 25.8 Å². The van der Waals surface area contributed by atoms with Crippen molar-refractivity contribution in [2.45, 2.75) is 59.4 Å². The van der Waals surface area contributed by atoms with Gasteiger partial charge in [-0.2, -0.15) is 0 Å². The number of rotatable bonds is 9. The van der Waals surface area contributed by atoms with Crippen molar-refractivity contribution in [2.75, 3.05) is 13.2 Å². The van der Waals surface area contributed by atoms with Crippen LogP contribution in [0, 0.1) is 5.92 Å². The van der Waals surface area contributed by atoms with Crippen molar-refractivity contribution >= 4 is 5.97 Å². The fourth-order valence-electron chi connectivity index (χ4n) is 1.99. The molecule has 0 aliphatic heterocycles. The molecule has 96 valence electrons. The van der Waals surface area contributed by atoms with Crippen molar-refractivity contribution in [3.8, 4) is 0 Å². The summed E-state index contributed by atoms with van der Waals surface area (Å²) in [5, 5.41) is 3.46. The summed E-state index contributed by atoms with van der Waals surface area (Å²) >= 11 is 0. The number of hydrogen-bond donors (Lipinski definition) is 1. The van der Waals surface area contributed by atoms with Gasteiger partial charge < -0.3 is 10.1 Å². The van der Waals surface area contributed by atoms with Crippen LogP contribution in [0.25, 0.3) is 0 Å². The Morgan fingerprint density at radius 3 is 2.25 bits per heavy atom. The third-order valence-electron chi connectivity index (χ3n) is 2.97. The van der Waals surface area contributed by atoms with Crippen LogP contribution in [0.5, 0.6) is 0 Å². The molecular weight excluding hydrogens is 202 g/mol. The molecule has 0 saturated carbocycles. The lowest BCUT2D eigenvalue weighted by Crippen LogP contribution is -2.38. The van der Waals surface area contributed by atoms with Gasteiger partial charge in [0.05, 0.1) is 13.0 Å². The number of hydrogen-bond acceptors (Lipinski definition) is 3. The summed E-state index contributed by atoms with van der Waals surface area (Å²) in [6, 6.07) is 0.272. The van der Waals surface area contributed by atoms with Crippen molar-refractivity contribution in [2.24, 2.45) is 5.92 Å². The summed E-state index contributed by atoms with van der Waals surface area (Å²) < 4.78 is 5.01. The molecule has 3 heteroatoms. The molecule has 0 spiro atoms. The first kappa shape index (κ1) is 15.4. The summed E-state index contributed by atoms with van der Waals surface area (Å²) in [6.45, 7) is 9.80. The van der Waals surface area contributed by atoms with Crippen LogP contribution in [0.1, 0.15) is 53.4 Å². The lowest BCUT2D eigenvalue weighted by molar-refractivity contribution is -0.144. The first-order valence-electron chi connectivity index (χ1n) is 6.58. The van der Waals surface area contributed by atoms with Crippen molar-refractivity contribution < 1.29 is 9.53 Å². The van der Waals surface area contributed by atoms with Gasteiger partial charge in [-0.3, -0.25) is 4.79 Å². The van der Waals surface area contributed by atoms with E-state index in [0.29, 0.717) is 18.9 Å². The second-order valence-electron chi connectivity index (χ2n) is 4.15. The van der Waals surface area contributed by atoms with Crippen LogP contribution in [0.15, 0.2) is 0 Å². The van der Waals surface area contributed by atoms with Crippen LogP contribution in [-0.2, 0) is 9.53 Å². The maximum absolute atomic E-state index is 11.5. The summed E-state index contributed by atoms with van der Waals surface area (Å²) in [7, 11) is 0. The fourth-order valence-corrected chi connectivity index (χ4v) is 1.99. The Hall–Kier alpha value is -0.570. The van der Waals surface area contributed by atoms with Gasteiger partial charge in [-0.05, 0) is 25.8 Å². The van der Waals surface area contributed by atoms with Crippen LogP contribution in [-0.4, -0.2) is 25.2 Å². The first-order valence-corrected chi connectivity index (χ1v) is 6.58.